The number of nitrogens with zero attached hydrogens (tertiary/aromatic N) is 4. The van der Waals surface area contributed by atoms with Crippen LogP contribution < -0.4 is 16.4 Å². The van der Waals surface area contributed by atoms with E-state index in [-0.39, 0.29) is 41.6 Å². The SMILES string of the molecule is CCCCCCCCCCCCCCCCCC(=O)SCCNC(=O)CCNC(=O)[C@H](O)C(C)(C)COP(=O)(O)OP(=O)(O)OC[C@H]1O[C@@H](n2cnc3c(N)ncnc32)C(O)C1OP(=O)(O)O. The number of rotatable bonds is 35. The molecule has 1 aliphatic rings. The van der Waals surface area contributed by atoms with Gasteiger partial charge in [-0.25, -0.2) is 28.6 Å². The number of phosphoric ester groups is 3. The smallest absolute Gasteiger partial charge is 0.386 e. The summed E-state index contributed by atoms with van der Waals surface area (Å²) < 4.78 is 62.4. The van der Waals surface area contributed by atoms with Crippen LogP contribution in [-0.2, 0) is 50.7 Å². The molecule has 0 aliphatic carbocycles. The van der Waals surface area contributed by atoms with Crippen LogP contribution in [0.3, 0.4) is 0 Å². The van der Waals surface area contributed by atoms with Crippen LogP contribution in [0.15, 0.2) is 12.7 Å². The Kier molecular flexibility index (Phi) is 25.5. The van der Waals surface area contributed by atoms with Crippen molar-refractivity contribution in [3.8, 4) is 0 Å². The molecule has 0 bridgehead atoms. The number of unbranched alkanes of at least 4 members (excludes halogenated alkanes) is 14. The fraction of sp³-hybridized carbons (Fsp3) is 0.795. The van der Waals surface area contributed by atoms with Crippen LogP contribution in [-0.4, -0.2) is 123 Å². The molecule has 3 rings (SSSR count). The van der Waals surface area contributed by atoms with Crippen molar-refractivity contribution in [2.24, 2.45) is 5.41 Å². The molecule has 2 aromatic rings. The number of hydrogen-bond donors (Lipinski definition) is 9. The molecule has 4 unspecified atom stereocenters. The van der Waals surface area contributed by atoms with E-state index in [1.807, 2.05) is 0 Å². The predicted molar refractivity (Wildman–Crippen MR) is 247 cm³/mol. The largest absolute Gasteiger partial charge is 0.481 e. The minimum absolute atomic E-state index is 0.0340. The predicted octanol–water partition coefficient (Wildman–Crippen LogP) is 4.93. The third-order valence-corrected chi connectivity index (χ3v) is 14.8. The van der Waals surface area contributed by atoms with E-state index < -0.39 is 84.6 Å². The lowest BCUT2D eigenvalue weighted by Crippen LogP contribution is -2.46. The van der Waals surface area contributed by atoms with E-state index in [0.717, 1.165) is 48.2 Å². The van der Waals surface area contributed by atoms with E-state index in [4.69, 9.17) is 19.5 Å². The molecule has 0 aromatic carbocycles. The zero-order valence-electron chi connectivity index (χ0n) is 38.4. The number of amides is 2. The van der Waals surface area contributed by atoms with Crippen molar-refractivity contribution in [2.75, 3.05) is 37.8 Å². The number of aliphatic hydroxyl groups is 2. The fourth-order valence-corrected chi connectivity index (χ4v) is 10.6. The number of aliphatic hydroxyl groups excluding tert-OH is 2. The Morgan fingerprint density at radius 3 is 2.03 bits per heavy atom. The quantitative estimate of drug-likeness (QED) is 0.0326. The van der Waals surface area contributed by atoms with E-state index in [1.54, 1.807) is 0 Å². The molecule has 2 amide bonds. The van der Waals surface area contributed by atoms with E-state index in [1.165, 1.54) is 90.9 Å². The molecule has 10 N–H and O–H groups in total. The molecule has 1 saturated heterocycles. The van der Waals surface area contributed by atoms with Crippen LogP contribution >= 0.6 is 35.2 Å². The molecule has 0 spiro atoms. The van der Waals surface area contributed by atoms with E-state index in [0.29, 0.717) is 12.2 Å². The molecule has 0 radical (unpaired) electrons. The maximum absolute atomic E-state index is 12.7. The van der Waals surface area contributed by atoms with Gasteiger partial charge < -0.3 is 50.9 Å². The number of nitrogens with two attached hydrogens (primary N) is 1. The lowest BCUT2D eigenvalue weighted by atomic mass is 9.87. The maximum atomic E-state index is 12.7. The zero-order chi connectivity index (χ0) is 49.7. The fourth-order valence-electron chi connectivity index (χ4n) is 7.01. The molecule has 7 atom stereocenters. The summed E-state index contributed by atoms with van der Waals surface area (Å²) in [7, 11) is -16.4. The number of nitrogen functional groups attached to an aromatic ring is 1. The molecule has 1 fully saturated rings. The molecule has 384 valence electrons. The van der Waals surface area contributed by atoms with E-state index in [9.17, 15) is 57.9 Å². The van der Waals surface area contributed by atoms with Gasteiger partial charge in [0.15, 0.2) is 22.8 Å². The first kappa shape index (κ1) is 58.9. The van der Waals surface area contributed by atoms with Crippen LogP contribution in [0.5, 0.6) is 0 Å². The van der Waals surface area contributed by atoms with Gasteiger partial charge in [0.25, 0.3) is 0 Å². The lowest BCUT2D eigenvalue weighted by Gasteiger charge is -2.30. The van der Waals surface area contributed by atoms with Crippen molar-refractivity contribution >= 4 is 69.1 Å². The Morgan fingerprint density at radius 1 is 0.851 bits per heavy atom. The number of imidazole rings is 1. The first-order valence-corrected chi connectivity index (χ1v) is 28.1. The van der Waals surface area contributed by atoms with Crippen LogP contribution in [0.1, 0.15) is 136 Å². The van der Waals surface area contributed by atoms with Gasteiger partial charge in [0.1, 0.15) is 36.3 Å². The Balaban J connectivity index is 1.30. The second kappa shape index (κ2) is 29.0. The number of fused-ring (bicyclic) bond motifs is 1. The number of carbonyl (C=O) groups excluding carboxylic acids is 3. The number of nitrogens with one attached hydrogen (secondary N) is 2. The summed E-state index contributed by atoms with van der Waals surface area (Å²) in [5, 5.41) is 26.7. The summed E-state index contributed by atoms with van der Waals surface area (Å²) in [6, 6.07) is 0. The Bertz CT molecular complexity index is 2000. The molecule has 3 heterocycles. The summed E-state index contributed by atoms with van der Waals surface area (Å²) >= 11 is 1.16. The average Bonchev–Trinajstić information content (AvgIpc) is 3.81. The van der Waals surface area contributed by atoms with Gasteiger partial charge in [-0.05, 0) is 6.42 Å². The number of hydrogen-bond acceptors (Lipinski definition) is 18. The molecule has 28 heteroatoms. The van der Waals surface area contributed by atoms with Crippen molar-refractivity contribution in [1.29, 1.82) is 0 Å². The summed E-state index contributed by atoms with van der Waals surface area (Å²) in [6.07, 6.45) is 12.3. The summed E-state index contributed by atoms with van der Waals surface area (Å²) in [5.74, 6) is -1.02. The molecular formula is C39H70N7O17P3S. The molecular weight excluding hydrogens is 963 g/mol. The van der Waals surface area contributed by atoms with Crippen LogP contribution in [0, 0.1) is 5.41 Å². The Hall–Kier alpha value is -2.44. The standard InChI is InChI=1S/C39H70N7O17P3S/c1-4-5-6-7-8-9-10-11-12-13-14-15-16-17-18-19-30(48)67-23-22-41-29(47)20-21-42-37(51)34(50)39(2,3)25-60-66(57,58)63-65(55,56)59-24-28-33(62-64(52,53)54)32(49)38(61-28)46-27-45-31-35(40)43-26-44-36(31)46/h26-28,32-34,38,49-50H,4-25H2,1-3H3,(H,41,47)(H,42,51)(H,55,56)(H,57,58)(H2,40,43,44)(H2,52,53,54)/t28-,32?,33?,34+,38-/m1/s1. The van der Waals surface area contributed by atoms with Crippen molar-refractivity contribution in [3.05, 3.63) is 12.7 Å². The van der Waals surface area contributed by atoms with Crippen LogP contribution in [0.25, 0.3) is 11.2 Å². The number of ether oxygens (including phenoxy) is 1. The highest BCUT2D eigenvalue weighted by atomic mass is 32.2. The number of thioether (sulfide) groups is 1. The first-order chi connectivity index (χ1) is 31.6. The molecule has 24 nitrogen and oxygen atoms in total. The third kappa shape index (κ3) is 22.0. The van der Waals surface area contributed by atoms with Gasteiger partial charge in [0.2, 0.25) is 11.8 Å². The number of phosphoric acid groups is 3. The van der Waals surface area contributed by atoms with Gasteiger partial charge in [-0.2, -0.15) is 4.31 Å². The Labute approximate surface area is 395 Å². The topological polar surface area (TPSA) is 364 Å². The van der Waals surface area contributed by atoms with Crippen molar-refractivity contribution in [2.45, 2.75) is 161 Å². The van der Waals surface area contributed by atoms with Gasteiger partial charge in [0.05, 0.1) is 19.5 Å². The minimum atomic E-state index is -5.57. The number of carbonyl (C=O) groups is 3. The minimum Gasteiger partial charge on any atom is -0.386 e. The van der Waals surface area contributed by atoms with Crippen molar-refractivity contribution in [3.63, 3.8) is 0 Å². The van der Waals surface area contributed by atoms with Gasteiger partial charge in [-0.3, -0.25) is 32.5 Å². The highest BCUT2D eigenvalue weighted by Crippen LogP contribution is 2.61. The highest BCUT2D eigenvalue weighted by Gasteiger charge is 2.50. The van der Waals surface area contributed by atoms with Gasteiger partial charge >= 0.3 is 23.5 Å². The van der Waals surface area contributed by atoms with Crippen LogP contribution in [0.2, 0.25) is 0 Å². The van der Waals surface area contributed by atoms with Crippen LogP contribution in [0.4, 0.5) is 5.82 Å². The average molecular weight is 1030 g/mol. The van der Waals surface area contributed by atoms with E-state index >= 15 is 0 Å². The first-order valence-electron chi connectivity index (χ1n) is 22.6. The second-order valence-electron chi connectivity index (χ2n) is 17.0. The molecule has 0 saturated carbocycles. The van der Waals surface area contributed by atoms with Crippen molar-refractivity contribution in [1.82, 2.24) is 30.2 Å². The lowest BCUT2D eigenvalue weighted by molar-refractivity contribution is -0.137. The zero-order valence-corrected chi connectivity index (χ0v) is 41.9. The normalized spacial score (nSPS) is 20.1. The molecule has 2 aromatic heterocycles. The molecule has 1 aliphatic heterocycles. The Morgan fingerprint density at radius 2 is 1.43 bits per heavy atom. The van der Waals surface area contributed by atoms with Gasteiger partial charge in [-0.1, -0.05) is 122 Å². The van der Waals surface area contributed by atoms with Crippen molar-refractivity contribution < 1.29 is 80.5 Å². The van der Waals surface area contributed by atoms with Gasteiger partial charge in [-0.15, -0.1) is 0 Å². The maximum Gasteiger partial charge on any atom is 0.481 e. The summed E-state index contributed by atoms with van der Waals surface area (Å²) in [6.45, 7) is 2.82. The second-order valence-corrected chi connectivity index (χ2v) is 22.4. The third-order valence-electron chi connectivity index (χ3n) is 10.7. The highest BCUT2D eigenvalue weighted by molar-refractivity contribution is 8.13. The monoisotopic (exact) mass is 1030 g/mol. The number of anilines is 1. The van der Waals surface area contributed by atoms with Gasteiger partial charge in [0, 0.05) is 37.1 Å². The summed E-state index contributed by atoms with van der Waals surface area (Å²) in [4.78, 5) is 88.4. The molecule has 67 heavy (non-hydrogen) atoms. The number of aromatic nitrogens is 4. The van der Waals surface area contributed by atoms with E-state index in [2.05, 4.69) is 41.3 Å². The summed E-state index contributed by atoms with van der Waals surface area (Å²) in [5.41, 5.74) is 4.29.